The van der Waals surface area contributed by atoms with Crippen LogP contribution in [-0.4, -0.2) is 21.4 Å². The minimum atomic E-state index is 0.901. The van der Waals surface area contributed by atoms with Crippen molar-refractivity contribution in [3.8, 4) is 0 Å². The minimum Gasteiger partial charge on any atom is -0.295 e. The molecule has 93 valence electrons. The predicted molar refractivity (Wildman–Crippen MR) is 72.6 cm³/mol. The number of nitrogens with zero attached hydrogens (tertiary/aromatic N) is 3. The van der Waals surface area contributed by atoms with Crippen LogP contribution in [0.25, 0.3) is 0 Å². The molecule has 0 saturated carbocycles. The Balaban J connectivity index is 2.00. The molecule has 0 aliphatic carbocycles. The lowest BCUT2D eigenvalue weighted by Gasteiger charge is -2.21. The average Bonchev–Trinajstić information content (AvgIpc) is 2.41. The maximum Gasteiger partial charge on any atom is 0.0312 e. The van der Waals surface area contributed by atoms with Gasteiger partial charge in [-0.15, -0.1) is 0 Å². The van der Waals surface area contributed by atoms with Crippen molar-refractivity contribution in [1.29, 1.82) is 0 Å². The van der Waals surface area contributed by atoms with Crippen molar-refractivity contribution in [1.82, 2.24) is 14.9 Å². The Morgan fingerprint density at radius 3 is 1.89 bits per heavy atom. The number of aromatic nitrogens is 2. The molecule has 0 spiro atoms. The van der Waals surface area contributed by atoms with E-state index in [1.807, 2.05) is 24.5 Å². The van der Waals surface area contributed by atoms with Crippen molar-refractivity contribution in [3.63, 3.8) is 0 Å². The molecule has 2 aromatic rings. The van der Waals surface area contributed by atoms with Gasteiger partial charge < -0.3 is 0 Å². The van der Waals surface area contributed by atoms with Gasteiger partial charge >= 0.3 is 0 Å². The van der Waals surface area contributed by atoms with Crippen LogP contribution in [0.1, 0.15) is 17.5 Å². The Labute approximate surface area is 109 Å². The summed E-state index contributed by atoms with van der Waals surface area (Å²) < 4.78 is 0. The van der Waals surface area contributed by atoms with Crippen LogP contribution in [0.4, 0.5) is 0 Å². The molecule has 0 aliphatic rings. The van der Waals surface area contributed by atoms with E-state index in [-0.39, 0.29) is 0 Å². The van der Waals surface area contributed by atoms with Crippen molar-refractivity contribution < 1.29 is 0 Å². The molecule has 0 aliphatic heterocycles. The first kappa shape index (κ1) is 12.7. The average molecular weight is 240 g/mol. The SMILES string of the molecule is [CH2]CCN(Cc1cccnc1)Cc1cccnc1. The molecule has 0 fully saturated rings. The summed E-state index contributed by atoms with van der Waals surface area (Å²) >= 11 is 0. The zero-order chi connectivity index (χ0) is 12.6. The van der Waals surface area contributed by atoms with Crippen LogP contribution >= 0.6 is 0 Å². The maximum atomic E-state index is 4.15. The fourth-order valence-corrected chi connectivity index (χ4v) is 1.94. The van der Waals surface area contributed by atoms with Crippen molar-refractivity contribution in [2.24, 2.45) is 0 Å². The normalized spacial score (nSPS) is 10.8. The van der Waals surface area contributed by atoms with Crippen LogP contribution in [0.5, 0.6) is 0 Å². The van der Waals surface area contributed by atoms with Crippen LogP contribution < -0.4 is 0 Å². The fourth-order valence-electron chi connectivity index (χ4n) is 1.94. The molecular weight excluding hydrogens is 222 g/mol. The monoisotopic (exact) mass is 240 g/mol. The molecule has 0 unspecified atom stereocenters. The van der Waals surface area contributed by atoms with E-state index < -0.39 is 0 Å². The summed E-state index contributed by atoms with van der Waals surface area (Å²) in [7, 11) is 0. The summed E-state index contributed by atoms with van der Waals surface area (Å²) in [6.07, 6.45) is 8.34. The van der Waals surface area contributed by atoms with Gasteiger partial charge in [0.1, 0.15) is 0 Å². The lowest BCUT2D eigenvalue weighted by molar-refractivity contribution is 0.261. The maximum absolute atomic E-state index is 4.15. The lowest BCUT2D eigenvalue weighted by atomic mass is 10.2. The Morgan fingerprint density at radius 1 is 0.944 bits per heavy atom. The van der Waals surface area contributed by atoms with Crippen molar-refractivity contribution >= 4 is 0 Å². The molecule has 3 nitrogen and oxygen atoms in total. The van der Waals surface area contributed by atoms with Gasteiger partial charge in [0.25, 0.3) is 0 Å². The molecule has 0 N–H and O–H groups in total. The largest absolute Gasteiger partial charge is 0.295 e. The third kappa shape index (κ3) is 3.93. The van der Waals surface area contributed by atoms with Gasteiger partial charge in [0.2, 0.25) is 0 Å². The Kier molecular flexibility index (Phi) is 4.85. The van der Waals surface area contributed by atoms with E-state index >= 15 is 0 Å². The fraction of sp³-hybridized carbons (Fsp3) is 0.267. The van der Waals surface area contributed by atoms with Gasteiger partial charge in [0, 0.05) is 37.9 Å². The van der Waals surface area contributed by atoms with E-state index in [1.54, 1.807) is 12.4 Å². The highest BCUT2D eigenvalue weighted by Crippen LogP contribution is 2.08. The van der Waals surface area contributed by atoms with E-state index in [4.69, 9.17) is 0 Å². The second-order valence-corrected chi connectivity index (χ2v) is 4.29. The zero-order valence-corrected chi connectivity index (χ0v) is 10.5. The number of hydrogen-bond donors (Lipinski definition) is 0. The highest BCUT2D eigenvalue weighted by molar-refractivity contribution is 5.11. The summed E-state index contributed by atoms with van der Waals surface area (Å²) in [5.74, 6) is 0. The molecule has 3 heteroatoms. The third-order valence-corrected chi connectivity index (χ3v) is 2.73. The first-order valence-electron chi connectivity index (χ1n) is 6.18. The van der Waals surface area contributed by atoms with Crippen LogP contribution in [0, 0.1) is 6.92 Å². The van der Waals surface area contributed by atoms with Crippen LogP contribution in [-0.2, 0) is 13.1 Å². The van der Waals surface area contributed by atoms with Gasteiger partial charge in [-0.1, -0.05) is 19.1 Å². The first-order chi connectivity index (χ1) is 8.88. The van der Waals surface area contributed by atoms with Gasteiger partial charge in [0.15, 0.2) is 0 Å². The zero-order valence-electron chi connectivity index (χ0n) is 10.5. The molecule has 18 heavy (non-hydrogen) atoms. The van der Waals surface area contributed by atoms with Crippen molar-refractivity contribution in [2.75, 3.05) is 6.54 Å². The van der Waals surface area contributed by atoms with Gasteiger partial charge in [-0.2, -0.15) is 0 Å². The second kappa shape index (κ2) is 6.87. The Bertz CT molecular complexity index is 400. The summed E-state index contributed by atoms with van der Waals surface area (Å²) in [6, 6.07) is 8.15. The first-order valence-corrected chi connectivity index (χ1v) is 6.18. The van der Waals surface area contributed by atoms with Crippen LogP contribution in [0.15, 0.2) is 49.1 Å². The van der Waals surface area contributed by atoms with E-state index in [1.165, 1.54) is 11.1 Å². The van der Waals surface area contributed by atoms with Gasteiger partial charge in [-0.05, 0) is 36.2 Å². The molecule has 2 rings (SSSR count). The lowest BCUT2D eigenvalue weighted by Crippen LogP contribution is -2.23. The van der Waals surface area contributed by atoms with Gasteiger partial charge in [-0.25, -0.2) is 0 Å². The summed E-state index contributed by atoms with van der Waals surface area (Å²) in [5, 5.41) is 0. The molecule has 2 aromatic heterocycles. The van der Waals surface area contributed by atoms with Gasteiger partial charge in [-0.3, -0.25) is 14.9 Å². The summed E-state index contributed by atoms with van der Waals surface area (Å²) in [5.41, 5.74) is 2.46. The van der Waals surface area contributed by atoms with Crippen LogP contribution in [0.2, 0.25) is 0 Å². The number of pyridine rings is 2. The summed E-state index contributed by atoms with van der Waals surface area (Å²) in [6.45, 7) is 6.71. The van der Waals surface area contributed by atoms with E-state index in [9.17, 15) is 0 Å². The van der Waals surface area contributed by atoms with Crippen LogP contribution in [0.3, 0.4) is 0 Å². The molecule has 0 bridgehead atoms. The molecule has 0 amide bonds. The Morgan fingerprint density at radius 2 is 1.50 bits per heavy atom. The standard InChI is InChI=1S/C15H18N3/c1-2-9-18(12-14-5-3-7-16-10-14)13-15-6-4-8-17-11-15/h3-8,10-11H,1-2,9,12-13H2. The molecule has 2 heterocycles. The van der Waals surface area contributed by atoms with E-state index in [0.717, 1.165) is 26.1 Å². The second-order valence-electron chi connectivity index (χ2n) is 4.29. The smallest absolute Gasteiger partial charge is 0.0312 e. The minimum absolute atomic E-state index is 0.901. The summed E-state index contributed by atoms with van der Waals surface area (Å²) in [4.78, 5) is 10.7. The van der Waals surface area contributed by atoms with E-state index in [2.05, 4.69) is 33.9 Å². The molecule has 0 saturated heterocycles. The van der Waals surface area contributed by atoms with Crippen molar-refractivity contribution in [2.45, 2.75) is 19.5 Å². The molecule has 0 atom stereocenters. The highest BCUT2D eigenvalue weighted by Gasteiger charge is 2.06. The molecule has 1 radical (unpaired) electrons. The molecular formula is C15H18N3. The third-order valence-electron chi connectivity index (χ3n) is 2.73. The van der Waals surface area contributed by atoms with Gasteiger partial charge in [0.05, 0.1) is 0 Å². The Hall–Kier alpha value is -1.74. The topological polar surface area (TPSA) is 29.0 Å². The predicted octanol–water partition coefficient (Wildman–Crippen LogP) is 2.70. The molecule has 0 aromatic carbocycles. The number of hydrogen-bond acceptors (Lipinski definition) is 3. The quantitative estimate of drug-likeness (QED) is 0.777. The van der Waals surface area contributed by atoms with Crippen molar-refractivity contribution in [3.05, 3.63) is 67.1 Å². The van der Waals surface area contributed by atoms with E-state index in [0.29, 0.717) is 0 Å². The highest BCUT2D eigenvalue weighted by atomic mass is 15.1. The number of rotatable bonds is 6.